The monoisotopic (exact) mass is 348 g/mol. The van der Waals surface area contributed by atoms with Crippen molar-refractivity contribution in [1.82, 2.24) is 9.80 Å². The lowest BCUT2D eigenvalue weighted by molar-refractivity contribution is -0.135. The molecule has 1 aromatic carbocycles. The molecule has 2 fully saturated rings. The molecule has 2 amide bonds. The smallest absolute Gasteiger partial charge is 0.253 e. The average molecular weight is 348 g/mol. The van der Waals surface area contributed by atoms with Crippen molar-refractivity contribution in [3.63, 3.8) is 0 Å². The van der Waals surface area contributed by atoms with Crippen LogP contribution in [0.2, 0.25) is 0 Å². The van der Waals surface area contributed by atoms with Gasteiger partial charge in [-0.25, -0.2) is 0 Å². The van der Waals surface area contributed by atoms with Crippen LogP contribution in [0.4, 0.5) is 0 Å². The number of rotatable bonds is 4. The van der Waals surface area contributed by atoms with Crippen molar-refractivity contribution in [2.45, 2.75) is 24.2 Å². The molecular weight excluding hydrogens is 324 g/mol. The number of benzene rings is 1. The van der Waals surface area contributed by atoms with E-state index in [9.17, 15) is 9.59 Å². The van der Waals surface area contributed by atoms with Gasteiger partial charge >= 0.3 is 0 Å². The first kappa shape index (κ1) is 17.3. The van der Waals surface area contributed by atoms with Gasteiger partial charge in [-0.05, 0) is 25.5 Å². The van der Waals surface area contributed by atoms with Crippen LogP contribution in [0.3, 0.4) is 0 Å². The van der Waals surface area contributed by atoms with E-state index in [1.54, 1.807) is 19.0 Å². The molecule has 0 aromatic heterocycles. The Bertz CT molecular complexity index is 641. The lowest BCUT2D eigenvalue weighted by Crippen LogP contribution is -2.60. The first-order chi connectivity index (χ1) is 11.4. The average Bonchev–Trinajstić information content (AvgIpc) is 2.95. The van der Waals surface area contributed by atoms with Gasteiger partial charge in [0.05, 0.1) is 10.9 Å². The SMILES string of the molecule is Cc1cccc(C(=O)N2CC3(C[C@@H](OCC(=O)N(C)C)CS3)C2)c1. The lowest BCUT2D eigenvalue weighted by atomic mass is 9.92. The summed E-state index contributed by atoms with van der Waals surface area (Å²) in [7, 11) is 3.47. The Morgan fingerprint density at radius 1 is 1.38 bits per heavy atom. The van der Waals surface area contributed by atoms with Crippen molar-refractivity contribution in [2.75, 3.05) is 39.5 Å². The van der Waals surface area contributed by atoms with E-state index in [0.29, 0.717) is 0 Å². The molecule has 24 heavy (non-hydrogen) atoms. The number of hydrogen-bond donors (Lipinski definition) is 0. The largest absolute Gasteiger partial charge is 0.367 e. The maximum absolute atomic E-state index is 12.5. The van der Waals surface area contributed by atoms with Gasteiger partial charge in [0, 0.05) is 38.5 Å². The van der Waals surface area contributed by atoms with Crippen molar-refractivity contribution in [2.24, 2.45) is 0 Å². The topological polar surface area (TPSA) is 49.9 Å². The second-order valence-corrected chi connectivity index (χ2v) is 8.44. The van der Waals surface area contributed by atoms with Crippen molar-refractivity contribution >= 4 is 23.6 Å². The third-order valence-electron chi connectivity index (χ3n) is 4.63. The highest BCUT2D eigenvalue weighted by molar-refractivity contribution is 8.01. The molecule has 1 atom stereocenters. The third kappa shape index (κ3) is 3.59. The number of nitrogens with zero attached hydrogens (tertiary/aromatic N) is 2. The molecule has 0 unspecified atom stereocenters. The molecule has 0 radical (unpaired) electrons. The minimum Gasteiger partial charge on any atom is -0.367 e. The molecule has 0 N–H and O–H groups in total. The van der Waals surface area contributed by atoms with Gasteiger partial charge in [0.2, 0.25) is 5.91 Å². The highest BCUT2D eigenvalue weighted by Gasteiger charge is 2.51. The number of aryl methyl sites for hydroxylation is 1. The van der Waals surface area contributed by atoms with Crippen molar-refractivity contribution in [1.29, 1.82) is 0 Å². The van der Waals surface area contributed by atoms with Gasteiger partial charge in [-0.2, -0.15) is 0 Å². The molecule has 5 nitrogen and oxygen atoms in total. The van der Waals surface area contributed by atoms with Crippen LogP contribution in [-0.2, 0) is 9.53 Å². The standard InChI is InChI=1S/C18H24N2O3S/c1-13-5-4-6-14(7-13)17(22)20-11-18(12-20)8-15(10-24-18)23-9-16(21)19(2)3/h4-7,15H,8-12H2,1-3H3/t15-/m1/s1. The number of amides is 2. The molecule has 3 rings (SSSR count). The van der Waals surface area contributed by atoms with Crippen LogP contribution in [0, 0.1) is 6.92 Å². The first-order valence-corrected chi connectivity index (χ1v) is 9.19. The van der Waals surface area contributed by atoms with E-state index >= 15 is 0 Å². The molecule has 1 spiro atoms. The predicted molar refractivity (Wildman–Crippen MR) is 95.3 cm³/mol. The van der Waals surface area contributed by atoms with Gasteiger partial charge in [0.25, 0.3) is 5.91 Å². The molecule has 0 bridgehead atoms. The van der Waals surface area contributed by atoms with Crippen LogP contribution in [-0.4, -0.2) is 72.0 Å². The Balaban J connectivity index is 1.49. The Morgan fingerprint density at radius 3 is 2.79 bits per heavy atom. The third-order valence-corrected chi connectivity index (χ3v) is 6.20. The molecule has 2 saturated heterocycles. The molecule has 2 aliphatic rings. The summed E-state index contributed by atoms with van der Waals surface area (Å²) in [6, 6.07) is 7.74. The molecule has 1 aromatic rings. The van der Waals surface area contributed by atoms with Crippen LogP contribution >= 0.6 is 11.8 Å². The van der Waals surface area contributed by atoms with Gasteiger partial charge in [0.1, 0.15) is 6.61 Å². The second kappa shape index (κ2) is 6.76. The number of likely N-dealkylation sites (tertiary alicyclic amines) is 1. The summed E-state index contributed by atoms with van der Waals surface area (Å²) in [5.74, 6) is 0.996. The Labute approximate surface area is 147 Å². The molecular formula is C18H24N2O3S. The van der Waals surface area contributed by atoms with E-state index in [-0.39, 0.29) is 29.3 Å². The summed E-state index contributed by atoms with van der Waals surface area (Å²) in [6.07, 6.45) is 1.02. The number of carbonyl (C=O) groups excluding carboxylic acids is 2. The van der Waals surface area contributed by atoms with E-state index in [4.69, 9.17) is 4.74 Å². The van der Waals surface area contributed by atoms with Gasteiger partial charge < -0.3 is 14.5 Å². The van der Waals surface area contributed by atoms with Gasteiger partial charge in [-0.15, -0.1) is 11.8 Å². The zero-order valence-corrected chi connectivity index (χ0v) is 15.3. The Morgan fingerprint density at radius 2 is 2.12 bits per heavy atom. The molecule has 130 valence electrons. The molecule has 0 saturated carbocycles. The number of ether oxygens (including phenoxy) is 1. The number of thioether (sulfide) groups is 1. The highest BCUT2D eigenvalue weighted by atomic mass is 32.2. The minimum atomic E-state index is -0.00851. The van der Waals surface area contributed by atoms with E-state index in [2.05, 4.69) is 0 Å². The summed E-state index contributed by atoms with van der Waals surface area (Å²) < 4.78 is 5.85. The molecule has 2 heterocycles. The summed E-state index contributed by atoms with van der Waals surface area (Å²) in [4.78, 5) is 27.6. The van der Waals surface area contributed by atoms with Gasteiger partial charge in [0.15, 0.2) is 0 Å². The summed E-state index contributed by atoms with van der Waals surface area (Å²) in [6.45, 7) is 3.68. The van der Waals surface area contributed by atoms with Crippen molar-refractivity contribution in [3.8, 4) is 0 Å². The van der Waals surface area contributed by atoms with Crippen LogP contribution in [0.25, 0.3) is 0 Å². The van der Waals surface area contributed by atoms with Gasteiger partial charge in [-0.1, -0.05) is 17.7 Å². The summed E-state index contributed by atoms with van der Waals surface area (Å²) in [5, 5.41) is 0. The maximum atomic E-state index is 12.5. The van der Waals surface area contributed by atoms with Crippen LogP contribution in [0.1, 0.15) is 22.3 Å². The molecule has 0 aliphatic carbocycles. The predicted octanol–water partition coefficient (Wildman–Crippen LogP) is 1.80. The van der Waals surface area contributed by atoms with E-state index in [0.717, 1.165) is 36.4 Å². The Hall–Kier alpha value is -1.53. The normalized spacial score (nSPS) is 21.6. The first-order valence-electron chi connectivity index (χ1n) is 8.20. The van der Waals surface area contributed by atoms with E-state index in [1.165, 1.54) is 0 Å². The Kier molecular flexibility index (Phi) is 4.88. The number of hydrogen-bond acceptors (Lipinski definition) is 4. The second-order valence-electron chi connectivity index (χ2n) is 6.95. The summed E-state index contributed by atoms with van der Waals surface area (Å²) >= 11 is 1.88. The molecule has 6 heteroatoms. The zero-order valence-electron chi connectivity index (χ0n) is 14.4. The fourth-order valence-electron chi connectivity index (χ4n) is 3.20. The van der Waals surface area contributed by atoms with Crippen LogP contribution < -0.4 is 0 Å². The fraction of sp³-hybridized carbons (Fsp3) is 0.556. The van der Waals surface area contributed by atoms with Crippen LogP contribution in [0.5, 0.6) is 0 Å². The van der Waals surface area contributed by atoms with Crippen molar-refractivity contribution < 1.29 is 14.3 Å². The fourth-order valence-corrected chi connectivity index (χ4v) is 4.75. The van der Waals surface area contributed by atoms with Crippen LogP contribution in [0.15, 0.2) is 24.3 Å². The van der Waals surface area contributed by atoms with Gasteiger partial charge in [-0.3, -0.25) is 9.59 Å². The minimum absolute atomic E-state index is 0.00851. The van der Waals surface area contributed by atoms with E-state index < -0.39 is 0 Å². The summed E-state index contributed by atoms with van der Waals surface area (Å²) in [5.41, 5.74) is 1.86. The van der Waals surface area contributed by atoms with Crippen molar-refractivity contribution in [3.05, 3.63) is 35.4 Å². The maximum Gasteiger partial charge on any atom is 0.253 e. The number of likely N-dealkylation sites (N-methyl/N-ethyl adjacent to an activating group) is 1. The zero-order chi connectivity index (χ0) is 17.3. The lowest BCUT2D eigenvalue weighted by Gasteiger charge is -2.47. The van der Waals surface area contributed by atoms with E-state index in [1.807, 2.05) is 47.9 Å². The quantitative estimate of drug-likeness (QED) is 0.833. The number of carbonyl (C=O) groups is 2. The highest BCUT2D eigenvalue weighted by Crippen LogP contribution is 2.46. The molecule has 2 aliphatic heterocycles.